The van der Waals surface area contributed by atoms with Crippen molar-refractivity contribution in [3.8, 4) is 45.5 Å². The Balaban J connectivity index is 1.21. The molecule has 5 nitrogen and oxygen atoms in total. The van der Waals surface area contributed by atoms with E-state index < -0.39 is 0 Å². The van der Waals surface area contributed by atoms with Gasteiger partial charge in [0.2, 0.25) is 0 Å². The quantitative estimate of drug-likeness (QED) is 0.165. The van der Waals surface area contributed by atoms with E-state index in [1.165, 1.54) is 59.6 Å². The minimum Gasteiger partial charge on any atom is -0.309 e. The van der Waals surface area contributed by atoms with E-state index in [1.54, 1.807) is 0 Å². The van der Waals surface area contributed by atoms with Gasteiger partial charge in [-0.05, 0) is 58.6 Å². The number of hydrogen-bond acceptors (Lipinski definition) is 3. The second-order valence-electron chi connectivity index (χ2n) is 14.8. The first-order valence-corrected chi connectivity index (χ1v) is 19.6. The topological polar surface area (TPSA) is 48.5 Å². The molecule has 0 saturated carbocycles. The molecule has 5 heteroatoms. The number of aromatic nitrogens is 5. The number of para-hydroxylation sites is 2. The van der Waals surface area contributed by atoms with Crippen LogP contribution in [0.2, 0.25) is 0 Å². The summed E-state index contributed by atoms with van der Waals surface area (Å²) in [7, 11) is 0. The van der Waals surface area contributed by atoms with E-state index in [2.05, 4.69) is 149 Å². The minimum atomic E-state index is 0.624. The van der Waals surface area contributed by atoms with Gasteiger partial charge < -0.3 is 9.13 Å². The lowest BCUT2D eigenvalue weighted by Gasteiger charge is -2.13. The van der Waals surface area contributed by atoms with Crippen molar-refractivity contribution in [1.82, 2.24) is 24.1 Å². The van der Waals surface area contributed by atoms with E-state index in [0.29, 0.717) is 17.5 Å². The Labute approximate surface area is 333 Å². The first kappa shape index (κ1) is 32.4. The van der Waals surface area contributed by atoms with Crippen molar-refractivity contribution in [3.05, 3.63) is 200 Å². The van der Waals surface area contributed by atoms with Crippen molar-refractivity contribution in [3.63, 3.8) is 0 Å². The van der Waals surface area contributed by atoms with Gasteiger partial charge in [0.15, 0.2) is 17.5 Å². The van der Waals surface area contributed by atoms with Crippen molar-refractivity contribution in [1.29, 1.82) is 0 Å². The molecule has 0 unspecified atom stereocenters. The van der Waals surface area contributed by atoms with Crippen LogP contribution in [0.4, 0.5) is 0 Å². The molecule has 12 rings (SSSR count). The van der Waals surface area contributed by atoms with Crippen LogP contribution < -0.4 is 0 Å². The zero-order valence-electron chi connectivity index (χ0n) is 31.3. The van der Waals surface area contributed by atoms with E-state index in [1.807, 2.05) is 60.7 Å². The minimum absolute atomic E-state index is 0.624. The van der Waals surface area contributed by atoms with E-state index in [0.717, 1.165) is 33.6 Å². The van der Waals surface area contributed by atoms with Gasteiger partial charge in [0.1, 0.15) is 0 Å². The van der Waals surface area contributed by atoms with Crippen LogP contribution in [0.1, 0.15) is 0 Å². The van der Waals surface area contributed by atoms with Crippen LogP contribution >= 0.6 is 0 Å². The Kier molecular flexibility index (Phi) is 7.16. The molecular formula is C53H33N5. The highest BCUT2D eigenvalue weighted by molar-refractivity contribution is 6.38. The predicted octanol–water partition coefficient (Wildman–Crippen LogP) is 13.4. The second kappa shape index (κ2) is 12.8. The fraction of sp³-hybridized carbons (Fsp3) is 0. The highest BCUT2D eigenvalue weighted by Crippen LogP contribution is 2.47. The largest absolute Gasteiger partial charge is 0.309 e. The number of nitrogens with zero attached hydrogens (tertiary/aromatic N) is 5. The molecule has 9 aromatic carbocycles. The molecule has 3 heterocycles. The zero-order chi connectivity index (χ0) is 38.2. The van der Waals surface area contributed by atoms with Crippen LogP contribution in [0.25, 0.3) is 111 Å². The Morgan fingerprint density at radius 2 is 0.741 bits per heavy atom. The third-order valence-electron chi connectivity index (χ3n) is 11.5. The lowest BCUT2D eigenvalue weighted by atomic mass is 9.95. The predicted molar refractivity (Wildman–Crippen MR) is 240 cm³/mol. The average Bonchev–Trinajstić information content (AvgIpc) is 3.84. The van der Waals surface area contributed by atoms with Crippen molar-refractivity contribution in [2.75, 3.05) is 0 Å². The molecule has 0 N–H and O–H groups in total. The van der Waals surface area contributed by atoms with Gasteiger partial charge in [0.25, 0.3) is 0 Å². The molecule has 0 aliphatic carbocycles. The number of hydrogen-bond donors (Lipinski definition) is 0. The number of fused-ring (bicyclic) bond motifs is 12. The molecule has 0 amide bonds. The first-order chi connectivity index (χ1) is 28.8. The highest BCUT2D eigenvalue weighted by Gasteiger charge is 2.24. The summed E-state index contributed by atoms with van der Waals surface area (Å²) in [5.74, 6) is 1.90. The lowest BCUT2D eigenvalue weighted by Crippen LogP contribution is -2.01. The maximum absolute atomic E-state index is 5.11. The first-order valence-electron chi connectivity index (χ1n) is 19.6. The summed E-state index contributed by atoms with van der Waals surface area (Å²) in [6.45, 7) is 0. The monoisotopic (exact) mass is 739 g/mol. The molecule has 270 valence electrons. The number of rotatable bonds is 5. The Hall–Kier alpha value is -7.89. The van der Waals surface area contributed by atoms with Gasteiger partial charge >= 0.3 is 0 Å². The Bertz CT molecular complexity index is 3490. The Morgan fingerprint density at radius 3 is 1.40 bits per heavy atom. The summed E-state index contributed by atoms with van der Waals surface area (Å²) in [5, 5.41) is 9.87. The van der Waals surface area contributed by atoms with Crippen molar-refractivity contribution in [2.24, 2.45) is 0 Å². The second-order valence-corrected chi connectivity index (χ2v) is 14.8. The van der Waals surface area contributed by atoms with E-state index in [4.69, 9.17) is 15.0 Å². The Morgan fingerprint density at radius 1 is 0.276 bits per heavy atom. The smallest absolute Gasteiger partial charge is 0.164 e. The molecule has 0 saturated heterocycles. The van der Waals surface area contributed by atoms with Gasteiger partial charge in [-0.25, -0.2) is 15.0 Å². The molecule has 0 radical (unpaired) electrons. The highest BCUT2D eigenvalue weighted by atomic mass is 15.0. The van der Waals surface area contributed by atoms with Crippen molar-refractivity contribution >= 4 is 65.2 Å². The van der Waals surface area contributed by atoms with Crippen molar-refractivity contribution < 1.29 is 0 Å². The maximum atomic E-state index is 5.11. The third kappa shape index (κ3) is 4.87. The molecule has 0 atom stereocenters. The molecule has 0 fully saturated rings. The molecule has 0 bridgehead atoms. The maximum Gasteiger partial charge on any atom is 0.164 e. The third-order valence-corrected chi connectivity index (χ3v) is 11.5. The van der Waals surface area contributed by atoms with Gasteiger partial charge in [0, 0.05) is 55.0 Å². The lowest BCUT2D eigenvalue weighted by molar-refractivity contribution is 1.07. The van der Waals surface area contributed by atoms with Gasteiger partial charge in [-0.15, -0.1) is 0 Å². The normalized spacial score (nSPS) is 11.8. The summed E-state index contributed by atoms with van der Waals surface area (Å²) in [6, 6.07) is 70.8. The number of benzene rings is 9. The fourth-order valence-electron chi connectivity index (χ4n) is 9.06. The molecule has 0 spiro atoms. The molecule has 58 heavy (non-hydrogen) atoms. The van der Waals surface area contributed by atoms with Crippen LogP contribution in [-0.2, 0) is 0 Å². The summed E-state index contributed by atoms with van der Waals surface area (Å²) in [5.41, 5.74) is 9.65. The van der Waals surface area contributed by atoms with Gasteiger partial charge in [0.05, 0.1) is 22.1 Å². The van der Waals surface area contributed by atoms with Crippen LogP contribution in [0.15, 0.2) is 200 Å². The summed E-state index contributed by atoms with van der Waals surface area (Å²) >= 11 is 0. The van der Waals surface area contributed by atoms with E-state index in [-0.39, 0.29) is 0 Å². The van der Waals surface area contributed by atoms with Crippen LogP contribution in [-0.4, -0.2) is 24.1 Å². The van der Waals surface area contributed by atoms with Crippen LogP contribution in [0.3, 0.4) is 0 Å². The molecule has 0 aliphatic heterocycles. The zero-order valence-corrected chi connectivity index (χ0v) is 31.3. The molecule has 12 aromatic rings. The summed E-state index contributed by atoms with van der Waals surface area (Å²) < 4.78 is 4.88. The fourth-order valence-corrected chi connectivity index (χ4v) is 9.06. The summed E-state index contributed by atoms with van der Waals surface area (Å²) in [6.07, 6.45) is 0. The average molecular weight is 740 g/mol. The van der Waals surface area contributed by atoms with Crippen molar-refractivity contribution in [2.45, 2.75) is 0 Å². The van der Waals surface area contributed by atoms with Gasteiger partial charge in [-0.3, -0.25) is 0 Å². The molecule has 3 aromatic heterocycles. The van der Waals surface area contributed by atoms with Gasteiger partial charge in [-0.1, -0.05) is 158 Å². The van der Waals surface area contributed by atoms with Gasteiger partial charge in [-0.2, -0.15) is 0 Å². The SMILES string of the molecule is c1ccc(-c2nc(-c3ccccc3)nc(-c3cccc(-n4c5ccc6c(c7ccccc7n6-c6ccccc6)c5c5c6ccccc6c6ccccc6c54)c3)n2)cc1. The van der Waals surface area contributed by atoms with Crippen LogP contribution in [0, 0.1) is 0 Å². The standard InChI is InChI=1S/C53H33N5/c1-4-17-34(18-5-1)51-54-52(35-19-6-2-7-20-35)56-53(55-51)36-21-16-24-38(33-36)58-46-32-31-45-47(43-29-14-15-30-44(43)57(45)37-22-8-3-9-23-37)49(46)48-41-27-12-10-25-39(41)40-26-11-13-28-42(40)50(48)58/h1-33H. The molecule has 0 aliphatic rings. The molecular weight excluding hydrogens is 707 g/mol. The van der Waals surface area contributed by atoms with Crippen LogP contribution in [0.5, 0.6) is 0 Å². The van der Waals surface area contributed by atoms with E-state index in [9.17, 15) is 0 Å². The summed E-state index contributed by atoms with van der Waals surface area (Å²) in [4.78, 5) is 15.2. The van der Waals surface area contributed by atoms with E-state index >= 15 is 0 Å².